The van der Waals surface area contributed by atoms with Crippen molar-refractivity contribution in [1.29, 1.82) is 0 Å². The first-order valence-corrected chi connectivity index (χ1v) is 8.56. The molecule has 1 fully saturated rings. The fourth-order valence-corrected chi connectivity index (χ4v) is 3.62. The number of sulfone groups is 1. The Balaban J connectivity index is 1.98. The van der Waals surface area contributed by atoms with E-state index >= 15 is 0 Å². The van der Waals surface area contributed by atoms with Crippen molar-refractivity contribution in [1.82, 2.24) is 10.2 Å². The summed E-state index contributed by atoms with van der Waals surface area (Å²) in [6.07, 6.45) is 0.693. The fraction of sp³-hybridized carbons (Fsp3) is 0.500. The first-order chi connectivity index (χ1) is 9.50. The molecule has 0 unspecified atom stereocenters. The van der Waals surface area contributed by atoms with Gasteiger partial charge in [0.05, 0.1) is 11.5 Å². The number of nitrogens with zero attached hydrogens (tertiary/aromatic N) is 1. The summed E-state index contributed by atoms with van der Waals surface area (Å²) in [7, 11) is -1.26. The zero-order chi connectivity index (χ0) is 14.6. The Kier molecular flexibility index (Phi) is 4.77. The SMILES string of the molecule is CNC(=O)c1ccc(CN2CCCS(=O)(=O)CC2)cc1. The van der Waals surface area contributed by atoms with Crippen molar-refractivity contribution in [2.24, 2.45) is 0 Å². The molecule has 0 atom stereocenters. The minimum atomic E-state index is -2.86. The average molecular weight is 296 g/mol. The third kappa shape index (κ3) is 4.05. The lowest BCUT2D eigenvalue weighted by Crippen LogP contribution is -2.26. The molecule has 1 N–H and O–H groups in total. The van der Waals surface area contributed by atoms with E-state index in [4.69, 9.17) is 0 Å². The zero-order valence-corrected chi connectivity index (χ0v) is 12.4. The molecule has 1 aliphatic rings. The second kappa shape index (κ2) is 6.37. The lowest BCUT2D eigenvalue weighted by atomic mass is 10.1. The van der Waals surface area contributed by atoms with Crippen LogP contribution in [-0.4, -0.2) is 50.9 Å². The van der Waals surface area contributed by atoms with E-state index in [0.717, 1.165) is 18.7 Å². The molecule has 1 aliphatic heterocycles. The molecule has 1 aromatic rings. The first kappa shape index (κ1) is 15.0. The monoisotopic (exact) mass is 296 g/mol. The summed E-state index contributed by atoms with van der Waals surface area (Å²) >= 11 is 0. The Morgan fingerprint density at radius 2 is 1.90 bits per heavy atom. The van der Waals surface area contributed by atoms with Crippen LogP contribution in [0.4, 0.5) is 0 Å². The molecule has 1 heterocycles. The molecular formula is C14H20N2O3S. The Morgan fingerprint density at radius 3 is 2.55 bits per heavy atom. The minimum absolute atomic E-state index is 0.0996. The Bertz CT molecular complexity index is 567. The van der Waals surface area contributed by atoms with Gasteiger partial charge >= 0.3 is 0 Å². The summed E-state index contributed by atoms with van der Waals surface area (Å²) in [4.78, 5) is 13.6. The molecule has 0 bridgehead atoms. The lowest BCUT2D eigenvalue weighted by molar-refractivity contribution is 0.0963. The van der Waals surface area contributed by atoms with Crippen molar-refractivity contribution in [3.63, 3.8) is 0 Å². The Hall–Kier alpha value is -1.40. The van der Waals surface area contributed by atoms with E-state index < -0.39 is 9.84 Å². The largest absolute Gasteiger partial charge is 0.355 e. The Labute approximate surface area is 119 Å². The molecule has 5 nitrogen and oxygen atoms in total. The third-order valence-corrected chi connectivity index (χ3v) is 5.21. The van der Waals surface area contributed by atoms with Crippen molar-refractivity contribution in [2.75, 3.05) is 31.6 Å². The molecule has 1 saturated heterocycles. The van der Waals surface area contributed by atoms with Gasteiger partial charge in [0.1, 0.15) is 0 Å². The summed E-state index contributed by atoms with van der Waals surface area (Å²) in [5.41, 5.74) is 1.73. The van der Waals surface area contributed by atoms with Crippen LogP contribution in [0.5, 0.6) is 0 Å². The molecule has 0 spiro atoms. The second-order valence-electron chi connectivity index (χ2n) is 5.06. The minimum Gasteiger partial charge on any atom is -0.355 e. The van der Waals surface area contributed by atoms with Gasteiger partial charge in [0, 0.05) is 25.7 Å². The van der Waals surface area contributed by atoms with Gasteiger partial charge in [-0.1, -0.05) is 12.1 Å². The molecule has 0 radical (unpaired) electrons. The quantitative estimate of drug-likeness (QED) is 0.890. The Morgan fingerprint density at radius 1 is 1.20 bits per heavy atom. The number of hydrogen-bond acceptors (Lipinski definition) is 4. The number of carbonyl (C=O) groups is 1. The van der Waals surface area contributed by atoms with E-state index in [1.54, 1.807) is 19.2 Å². The van der Waals surface area contributed by atoms with Crippen LogP contribution in [0.15, 0.2) is 24.3 Å². The summed E-state index contributed by atoms with van der Waals surface area (Å²) in [5.74, 6) is 0.431. The van der Waals surface area contributed by atoms with Gasteiger partial charge in [0.15, 0.2) is 9.84 Å². The highest BCUT2D eigenvalue weighted by molar-refractivity contribution is 7.91. The van der Waals surface area contributed by atoms with Crippen LogP contribution in [0.2, 0.25) is 0 Å². The van der Waals surface area contributed by atoms with Gasteiger partial charge in [0.2, 0.25) is 0 Å². The second-order valence-corrected chi connectivity index (χ2v) is 7.36. The molecular weight excluding hydrogens is 276 g/mol. The van der Waals surface area contributed by atoms with E-state index in [2.05, 4.69) is 10.2 Å². The van der Waals surface area contributed by atoms with Crippen molar-refractivity contribution < 1.29 is 13.2 Å². The van der Waals surface area contributed by atoms with Crippen LogP contribution in [-0.2, 0) is 16.4 Å². The predicted octanol–water partition coefficient (Wildman–Crippen LogP) is 0.667. The summed E-state index contributed by atoms with van der Waals surface area (Å²) in [6, 6.07) is 7.43. The highest BCUT2D eigenvalue weighted by Gasteiger charge is 2.19. The van der Waals surface area contributed by atoms with Crippen molar-refractivity contribution in [3.8, 4) is 0 Å². The standard InChI is InChI=1S/C14H20N2O3S/c1-15-14(17)13-5-3-12(4-6-13)11-16-7-2-9-20(18,19)10-8-16/h3-6H,2,7-11H2,1H3,(H,15,17). The lowest BCUT2D eigenvalue weighted by Gasteiger charge is -2.19. The molecule has 0 saturated carbocycles. The number of carbonyl (C=O) groups excluding carboxylic acids is 1. The maximum atomic E-state index is 11.6. The van der Waals surface area contributed by atoms with Gasteiger partial charge < -0.3 is 5.32 Å². The van der Waals surface area contributed by atoms with Crippen molar-refractivity contribution in [2.45, 2.75) is 13.0 Å². The van der Waals surface area contributed by atoms with Gasteiger partial charge in [-0.15, -0.1) is 0 Å². The van der Waals surface area contributed by atoms with Gasteiger partial charge in [-0.3, -0.25) is 9.69 Å². The van der Waals surface area contributed by atoms with Crippen LogP contribution in [0.25, 0.3) is 0 Å². The van der Waals surface area contributed by atoms with Crippen molar-refractivity contribution in [3.05, 3.63) is 35.4 Å². The summed E-state index contributed by atoms with van der Waals surface area (Å²) < 4.78 is 23.1. The van der Waals surface area contributed by atoms with E-state index in [1.807, 2.05) is 12.1 Å². The number of rotatable bonds is 3. The number of benzene rings is 1. The van der Waals surface area contributed by atoms with Crippen LogP contribution < -0.4 is 5.32 Å². The average Bonchev–Trinajstić information content (AvgIpc) is 2.60. The van der Waals surface area contributed by atoms with Gasteiger partial charge in [0.25, 0.3) is 5.91 Å². The summed E-state index contributed by atoms with van der Waals surface area (Å²) in [6.45, 7) is 2.11. The number of hydrogen-bond donors (Lipinski definition) is 1. The van der Waals surface area contributed by atoms with Crippen LogP contribution in [0, 0.1) is 0 Å². The molecule has 6 heteroatoms. The third-order valence-electron chi connectivity index (χ3n) is 3.50. The van der Waals surface area contributed by atoms with E-state index in [-0.39, 0.29) is 11.7 Å². The number of amides is 1. The van der Waals surface area contributed by atoms with Gasteiger partial charge in [-0.05, 0) is 30.7 Å². The molecule has 2 rings (SSSR count). The molecule has 0 aromatic heterocycles. The van der Waals surface area contributed by atoms with Crippen LogP contribution in [0.1, 0.15) is 22.3 Å². The topological polar surface area (TPSA) is 66.5 Å². The summed E-state index contributed by atoms with van der Waals surface area (Å²) in [5, 5.41) is 2.58. The maximum Gasteiger partial charge on any atom is 0.251 e. The van der Waals surface area contributed by atoms with Crippen LogP contribution in [0.3, 0.4) is 0 Å². The first-order valence-electron chi connectivity index (χ1n) is 6.74. The van der Waals surface area contributed by atoms with Crippen molar-refractivity contribution >= 4 is 15.7 Å². The molecule has 20 heavy (non-hydrogen) atoms. The zero-order valence-electron chi connectivity index (χ0n) is 11.6. The maximum absolute atomic E-state index is 11.6. The van der Waals surface area contributed by atoms with E-state index in [9.17, 15) is 13.2 Å². The van der Waals surface area contributed by atoms with E-state index in [0.29, 0.717) is 24.3 Å². The highest BCUT2D eigenvalue weighted by atomic mass is 32.2. The molecule has 1 aromatic carbocycles. The van der Waals surface area contributed by atoms with Crippen LogP contribution >= 0.6 is 0 Å². The smallest absolute Gasteiger partial charge is 0.251 e. The van der Waals surface area contributed by atoms with Gasteiger partial charge in [-0.2, -0.15) is 0 Å². The normalized spacial score (nSPS) is 19.2. The fourth-order valence-electron chi connectivity index (χ4n) is 2.31. The predicted molar refractivity (Wildman–Crippen MR) is 78.4 cm³/mol. The van der Waals surface area contributed by atoms with Gasteiger partial charge in [-0.25, -0.2) is 8.42 Å². The van der Waals surface area contributed by atoms with E-state index in [1.165, 1.54) is 0 Å². The number of nitrogens with one attached hydrogen (secondary N) is 1. The molecule has 110 valence electrons. The molecule has 0 aliphatic carbocycles. The highest BCUT2D eigenvalue weighted by Crippen LogP contribution is 2.11. The molecule has 1 amide bonds.